The van der Waals surface area contributed by atoms with Crippen LogP contribution in [-0.4, -0.2) is 49.0 Å². The number of imidazole rings is 1. The van der Waals surface area contributed by atoms with Crippen LogP contribution >= 0.6 is 0 Å². The van der Waals surface area contributed by atoms with Gasteiger partial charge < -0.3 is 10.1 Å². The molecule has 1 aliphatic carbocycles. The number of nitrogens with one attached hydrogen (secondary N) is 1. The molecule has 2 aromatic heterocycles. The molecule has 4 aromatic rings. The SMILES string of the molecule is O=C(NC1CC1)c1ccc(-c2cnc3c(S(=O)CC4CCCO4)nc(-c4ccccc4)cn23)cc1. The number of ether oxygens (including phenoxy) is 1. The maximum absolute atomic E-state index is 13.4. The molecule has 2 aromatic carbocycles. The molecule has 1 saturated heterocycles. The van der Waals surface area contributed by atoms with E-state index in [4.69, 9.17) is 9.72 Å². The minimum atomic E-state index is -1.36. The molecule has 2 atom stereocenters. The number of nitrogens with zero attached hydrogens (tertiary/aromatic N) is 3. The van der Waals surface area contributed by atoms with Gasteiger partial charge in [0.25, 0.3) is 5.91 Å². The van der Waals surface area contributed by atoms with Crippen LogP contribution in [0.4, 0.5) is 0 Å². The smallest absolute Gasteiger partial charge is 0.251 e. The number of hydrogen-bond acceptors (Lipinski definition) is 5. The average Bonchev–Trinajstić information content (AvgIpc) is 3.37. The second kappa shape index (κ2) is 9.36. The number of hydrogen-bond donors (Lipinski definition) is 1. The second-order valence-electron chi connectivity index (χ2n) is 9.11. The van der Waals surface area contributed by atoms with Gasteiger partial charge in [0.15, 0.2) is 10.7 Å². The van der Waals surface area contributed by atoms with Crippen molar-refractivity contribution in [1.29, 1.82) is 0 Å². The van der Waals surface area contributed by atoms with Gasteiger partial charge in [0, 0.05) is 35.5 Å². The van der Waals surface area contributed by atoms with E-state index in [0.29, 0.717) is 28.0 Å². The van der Waals surface area contributed by atoms with E-state index in [1.807, 2.05) is 65.2 Å². The first-order valence-electron chi connectivity index (χ1n) is 12.0. The zero-order valence-corrected chi connectivity index (χ0v) is 20.0. The van der Waals surface area contributed by atoms with Gasteiger partial charge in [-0.1, -0.05) is 42.5 Å². The molecule has 0 spiro atoms. The Hall–Kier alpha value is -3.36. The summed E-state index contributed by atoms with van der Waals surface area (Å²) in [5, 5.41) is 3.49. The van der Waals surface area contributed by atoms with E-state index in [2.05, 4.69) is 10.3 Å². The highest BCUT2D eigenvalue weighted by Gasteiger charge is 2.25. The van der Waals surface area contributed by atoms with Crippen LogP contribution in [-0.2, 0) is 15.5 Å². The molecule has 7 nitrogen and oxygen atoms in total. The Balaban J connectivity index is 1.40. The van der Waals surface area contributed by atoms with Gasteiger partial charge in [0.2, 0.25) is 0 Å². The molecule has 2 fully saturated rings. The lowest BCUT2D eigenvalue weighted by molar-refractivity contribution is 0.0951. The Morgan fingerprint density at radius 2 is 1.86 bits per heavy atom. The number of rotatable bonds is 7. The van der Waals surface area contributed by atoms with Crippen LogP contribution in [0.3, 0.4) is 0 Å². The predicted molar refractivity (Wildman–Crippen MR) is 135 cm³/mol. The predicted octanol–water partition coefficient (Wildman–Crippen LogP) is 4.24. The Kier molecular flexibility index (Phi) is 5.91. The van der Waals surface area contributed by atoms with Crippen molar-refractivity contribution in [3.8, 4) is 22.5 Å². The number of benzene rings is 2. The molecular formula is C27H26N4O3S. The number of carbonyl (C=O) groups is 1. The van der Waals surface area contributed by atoms with Crippen LogP contribution in [0, 0.1) is 0 Å². The van der Waals surface area contributed by atoms with Gasteiger partial charge in [-0.3, -0.25) is 13.4 Å². The number of fused-ring (bicyclic) bond motifs is 1. The van der Waals surface area contributed by atoms with Crippen molar-refractivity contribution in [3.63, 3.8) is 0 Å². The second-order valence-corrected chi connectivity index (χ2v) is 10.5. The summed E-state index contributed by atoms with van der Waals surface area (Å²) in [5.41, 5.74) is 4.65. The van der Waals surface area contributed by atoms with Gasteiger partial charge in [0.05, 0.1) is 40.2 Å². The van der Waals surface area contributed by atoms with Crippen molar-refractivity contribution in [2.75, 3.05) is 12.4 Å². The van der Waals surface area contributed by atoms with Gasteiger partial charge in [-0.2, -0.15) is 0 Å². The molecule has 0 bridgehead atoms. The van der Waals surface area contributed by atoms with Crippen molar-refractivity contribution in [2.45, 2.75) is 42.9 Å². The van der Waals surface area contributed by atoms with Gasteiger partial charge in [-0.25, -0.2) is 9.97 Å². The zero-order chi connectivity index (χ0) is 23.8. The third-order valence-electron chi connectivity index (χ3n) is 6.46. The van der Waals surface area contributed by atoms with E-state index >= 15 is 0 Å². The molecule has 35 heavy (non-hydrogen) atoms. The molecule has 6 rings (SSSR count). The molecule has 1 amide bonds. The zero-order valence-electron chi connectivity index (χ0n) is 19.2. The van der Waals surface area contributed by atoms with Gasteiger partial charge in [0.1, 0.15) is 0 Å². The van der Waals surface area contributed by atoms with Crippen LogP contribution in [0.15, 0.2) is 72.0 Å². The molecule has 1 aliphatic heterocycles. The molecule has 2 aliphatic rings. The van der Waals surface area contributed by atoms with Crippen molar-refractivity contribution >= 4 is 22.4 Å². The van der Waals surface area contributed by atoms with Gasteiger partial charge in [-0.15, -0.1) is 0 Å². The summed E-state index contributed by atoms with van der Waals surface area (Å²) in [4.78, 5) is 21.8. The van der Waals surface area contributed by atoms with Crippen LogP contribution in [0.1, 0.15) is 36.0 Å². The molecule has 178 valence electrons. The van der Waals surface area contributed by atoms with E-state index in [1.165, 1.54) is 0 Å². The number of aromatic nitrogens is 3. The minimum Gasteiger partial charge on any atom is -0.377 e. The molecule has 0 radical (unpaired) electrons. The van der Waals surface area contributed by atoms with Crippen LogP contribution in [0.5, 0.6) is 0 Å². The minimum absolute atomic E-state index is 0.0122. The first kappa shape index (κ1) is 22.1. The van der Waals surface area contributed by atoms with Crippen LogP contribution in [0.25, 0.3) is 28.2 Å². The highest BCUT2D eigenvalue weighted by molar-refractivity contribution is 7.85. The fourth-order valence-corrected chi connectivity index (χ4v) is 5.70. The quantitative estimate of drug-likeness (QED) is 0.422. The Bertz CT molecular complexity index is 1390. The molecule has 1 N–H and O–H groups in total. The average molecular weight is 487 g/mol. The number of carbonyl (C=O) groups excluding carboxylic acids is 1. The number of amides is 1. The standard InChI is InChI=1S/C27H26N4O3S/c32-26(29-21-12-13-21)20-10-8-19(9-11-20)24-15-28-25-27(35(33)17-22-7-4-14-34-22)30-23(16-31(24)25)18-5-2-1-3-6-18/h1-3,5-6,8-11,15-16,21-22H,4,7,12-14,17H2,(H,29,32). The summed E-state index contributed by atoms with van der Waals surface area (Å²) in [6.07, 6.45) is 7.73. The van der Waals surface area contributed by atoms with Crippen molar-refractivity contribution in [1.82, 2.24) is 19.7 Å². The van der Waals surface area contributed by atoms with E-state index in [1.54, 1.807) is 6.20 Å². The fraction of sp³-hybridized carbons (Fsp3) is 0.296. The Morgan fingerprint density at radius 1 is 1.06 bits per heavy atom. The summed E-state index contributed by atoms with van der Waals surface area (Å²) in [7, 11) is -1.36. The normalized spacial score (nSPS) is 18.6. The van der Waals surface area contributed by atoms with Crippen molar-refractivity contribution < 1.29 is 13.7 Å². The molecule has 8 heteroatoms. The topological polar surface area (TPSA) is 85.6 Å². The third-order valence-corrected chi connectivity index (χ3v) is 7.84. The maximum atomic E-state index is 13.4. The fourth-order valence-electron chi connectivity index (χ4n) is 4.39. The lowest BCUT2D eigenvalue weighted by Gasteiger charge is -2.12. The molecule has 1 saturated carbocycles. The summed E-state index contributed by atoms with van der Waals surface area (Å²) in [5.74, 6) is 0.369. The molecule has 3 heterocycles. The van der Waals surface area contributed by atoms with E-state index in [0.717, 1.165) is 54.8 Å². The monoisotopic (exact) mass is 486 g/mol. The van der Waals surface area contributed by atoms with E-state index < -0.39 is 10.8 Å². The summed E-state index contributed by atoms with van der Waals surface area (Å²) in [6, 6.07) is 17.7. The van der Waals surface area contributed by atoms with Gasteiger partial charge >= 0.3 is 0 Å². The van der Waals surface area contributed by atoms with Crippen LogP contribution in [0.2, 0.25) is 0 Å². The lowest BCUT2D eigenvalue weighted by Crippen LogP contribution is -2.25. The van der Waals surface area contributed by atoms with Crippen LogP contribution < -0.4 is 5.32 Å². The molecular weight excluding hydrogens is 460 g/mol. The van der Waals surface area contributed by atoms with Gasteiger partial charge in [-0.05, 0) is 37.8 Å². The summed E-state index contributed by atoms with van der Waals surface area (Å²) < 4.78 is 21.1. The first-order chi connectivity index (χ1) is 17.2. The van der Waals surface area contributed by atoms with Crippen molar-refractivity contribution in [2.24, 2.45) is 0 Å². The highest BCUT2D eigenvalue weighted by Crippen LogP contribution is 2.28. The van der Waals surface area contributed by atoms with Crippen molar-refractivity contribution in [3.05, 3.63) is 72.6 Å². The van der Waals surface area contributed by atoms with E-state index in [-0.39, 0.29) is 12.0 Å². The van der Waals surface area contributed by atoms with E-state index in [9.17, 15) is 9.00 Å². The first-order valence-corrected chi connectivity index (χ1v) is 13.3. The third kappa shape index (κ3) is 4.63. The Morgan fingerprint density at radius 3 is 2.57 bits per heavy atom. The highest BCUT2D eigenvalue weighted by atomic mass is 32.2. The maximum Gasteiger partial charge on any atom is 0.251 e. The molecule has 2 unspecified atom stereocenters. The summed E-state index contributed by atoms with van der Waals surface area (Å²) >= 11 is 0. The largest absolute Gasteiger partial charge is 0.377 e. The Labute approximate surface area is 206 Å². The summed E-state index contributed by atoms with van der Waals surface area (Å²) in [6.45, 7) is 0.719. The lowest BCUT2D eigenvalue weighted by atomic mass is 10.1.